The van der Waals surface area contributed by atoms with Gasteiger partial charge in [-0.2, -0.15) is 0 Å². The van der Waals surface area contributed by atoms with Crippen LogP contribution in [0.5, 0.6) is 0 Å². The zero-order valence-electron chi connectivity index (χ0n) is 11.1. The number of benzene rings is 1. The van der Waals surface area contributed by atoms with Crippen molar-refractivity contribution in [3.05, 3.63) is 41.5 Å². The lowest BCUT2D eigenvalue weighted by Crippen LogP contribution is -2.47. The fourth-order valence-electron chi connectivity index (χ4n) is 2.26. The highest BCUT2D eigenvalue weighted by atomic mass is 16.2. The molecule has 1 aromatic rings. The molecule has 2 rings (SSSR count). The summed E-state index contributed by atoms with van der Waals surface area (Å²) >= 11 is 0. The first-order valence-corrected chi connectivity index (χ1v) is 6.54. The van der Waals surface area contributed by atoms with Gasteiger partial charge in [0.2, 0.25) is 0 Å². The molecular weight excluding hydrogens is 240 g/mol. The summed E-state index contributed by atoms with van der Waals surface area (Å²) in [5.74, 6) is 1.44. The summed E-state index contributed by atoms with van der Waals surface area (Å²) in [5, 5.41) is 3.19. The number of piperazine rings is 1. The molecule has 4 heteroatoms. The van der Waals surface area contributed by atoms with Gasteiger partial charge in [-0.25, -0.2) is 4.79 Å². The monoisotopic (exact) mass is 258 g/mol. The Bertz CT molecular complexity index is 486. The first kappa shape index (κ1) is 13.5. The molecule has 0 saturated carbocycles. The maximum Gasteiger partial charge on any atom is 0.261 e. The largest absolute Gasteiger partial charge is 0.336 e. The number of hydrogen-bond acceptors (Lipinski definition) is 3. The molecule has 1 atom stereocenters. The van der Waals surface area contributed by atoms with E-state index in [0.717, 1.165) is 18.7 Å². The summed E-state index contributed by atoms with van der Waals surface area (Å²) in [6.07, 6.45) is 0. The fraction of sp³-hybridized carbons (Fsp3) is 0.400. The number of nitrogens with zero attached hydrogens (tertiary/aromatic N) is 1. The van der Waals surface area contributed by atoms with Crippen molar-refractivity contribution in [2.45, 2.75) is 12.8 Å². The molecule has 1 unspecified atom stereocenters. The smallest absolute Gasteiger partial charge is 0.261 e. The molecule has 1 heterocycles. The van der Waals surface area contributed by atoms with Crippen molar-refractivity contribution >= 4 is 11.8 Å². The quantitative estimate of drug-likeness (QED) is 0.649. The Morgan fingerprint density at radius 3 is 2.47 bits per heavy atom. The predicted octanol–water partition coefficient (Wildman–Crippen LogP) is 0.980. The molecule has 1 saturated heterocycles. The van der Waals surface area contributed by atoms with Crippen LogP contribution in [-0.2, 0) is 9.59 Å². The van der Waals surface area contributed by atoms with E-state index in [0.29, 0.717) is 13.1 Å². The standard InChI is InChI=1S/C15H18N2O2/c1-12(13-5-3-2-4-6-13)14(11-18)15(19)17-9-7-16-8-10-17/h2-6,12,16H,7-10H2,1H3. The number of carbonyl (C=O) groups is 1. The molecule has 1 N–H and O–H groups in total. The van der Waals surface area contributed by atoms with E-state index in [1.165, 1.54) is 0 Å². The molecule has 0 spiro atoms. The van der Waals surface area contributed by atoms with Crippen molar-refractivity contribution < 1.29 is 9.59 Å². The Labute approximate surface area is 113 Å². The number of carbonyl (C=O) groups excluding carboxylic acids is 2. The minimum Gasteiger partial charge on any atom is -0.336 e. The minimum absolute atomic E-state index is 0.187. The van der Waals surface area contributed by atoms with E-state index < -0.39 is 0 Å². The van der Waals surface area contributed by atoms with Gasteiger partial charge >= 0.3 is 0 Å². The zero-order chi connectivity index (χ0) is 13.7. The van der Waals surface area contributed by atoms with Crippen molar-refractivity contribution in [1.29, 1.82) is 0 Å². The van der Waals surface area contributed by atoms with Crippen molar-refractivity contribution in [1.82, 2.24) is 10.2 Å². The molecule has 0 radical (unpaired) electrons. The van der Waals surface area contributed by atoms with E-state index in [1.54, 1.807) is 4.90 Å². The average molecular weight is 258 g/mol. The number of amides is 1. The molecule has 1 aromatic carbocycles. The van der Waals surface area contributed by atoms with Crippen molar-refractivity contribution in [2.24, 2.45) is 0 Å². The van der Waals surface area contributed by atoms with Gasteiger partial charge in [0.25, 0.3) is 5.91 Å². The summed E-state index contributed by atoms with van der Waals surface area (Å²) in [7, 11) is 0. The van der Waals surface area contributed by atoms with E-state index in [1.807, 2.05) is 43.2 Å². The summed E-state index contributed by atoms with van der Waals surface area (Å²) in [4.78, 5) is 25.2. The number of hydrogen-bond donors (Lipinski definition) is 1. The third-order valence-electron chi connectivity index (χ3n) is 3.48. The highest BCUT2D eigenvalue weighted by molar-refractivity contribution is 6.02. The highest BCUT2D eigenvalue weighted by Gasteiger charge is 2.25. The van der Waals surface area contributed by atoms with Gasteiger partial charge < -0.3 is 10.2 Å². The maximum atomic E-state index is 12.3. The highest BCUT2D eigenvalue weighted by Crippen LogP contribution is 2.23. The van der Waals surface area contributed by atoms with E-state index in [2.05, 4.69) is 5.32 Å². The van der Waals surface area contributed by atoms with Crippen LogP contribution in [0.15, 0.2) is 35.9 Å². The van der Waals surface area contributed by atoms with Crippen LogP contribution in [0.4, 0.5) is 0 Å². The summed E-state index contributed by atoms with van der Waals surface area (Å²) in [6.45, 7) is 4.71. The van der Waals surface area contributed by atoms with Crippen molar-refractivity contribution in [3.63, 3.8) is 0 Å². The molecule has 19 heavy (non-hydrogen) atoms. The number of rotatable bonds is 3. The Balaban J connectivity index is 2.16. The van der Waals surface area contributed by atoms with Gasteiger partial charge in [-0.15, -0.1) is 0 Å². The van der Waals surface area contributed by atoms with Crippen LogP contribution in [0.1, 0.15) is 18.4 Å². The second kappa shape index (κ2) is 6.32. The van der Waals surface area contributed by atoms with Gasteiger partial charge in [0.15, 0.2) is 0 Å². The van der Waals surface area contributed by atoms with Crippen molar-refractivity contribution in [2.75, 3.05) is 26.2 Å². The van der Waals surface area contributed by atoms with Gasteiger partial charge in [-0.1, -0.05) is 37.3 Å². The topological polar surface area (TPSA) is 49.4 Å². The number of nitrogens with one attached hydrogen (secondary N) is 1. The van der Waals surface area contributed by atoms with Gasteiger partial charge in [-0.05, 0) is 5.56 Å². The van der Waals surface area contributed by atoms with Gasteiger partial charge in [0.05, 0.1) is 0 Å². The van der Waals surface area contributed by atoms with E-state index in [9.17, 15) is 9.59 Å². The Kier molecular flexibility index (Phi) is 4.50. The third kappa shape index (κ3) is 3.11. The average Bonchev–Trinajstić information content (AvgIpc) is 2.49. The second-order valence-electron chi connectivity index (χ2n) is 4.69. The fourth-order valence-corrected chi connectivity index (χ4v) is 2.26. The molecule has 100 valence electrons. The molecule has 0 aliphatic carbocycles. The Morgan fingerprint density at radius 1 is 1.26 bits per heavy atom. The lowest BCUT2D eigenvalue weighted by molar-refractivity contribution is -0.127. The zero-order valence-corrected chi connectivity index (χ0v) is 11.1. The molecular formula is C15H18N2O2. The van der Waals surface area contributed by atoms with E-state index >= 15 is 0 Å². The van der Waals surface area contributed by atoms with E-state index in [4.69, 9.17) is 0 Å². The Morgan fingerprint density at radius 2 is 1.89 bits per heavy atom. The molecule has 0 bridgehead atoms. The maximum absolute atomic E-state index is 12.3. The van der Waals surface area contributed by atoms with Crippen LogP contribution >= 0.6 is 0 Å². The molecule has 1 aliphatic rings. The van der Waals surface area contributed by atoms with Crippen LogP contribution in [0.25, 0.3) is 0 Å². The Hall–Kier alpha value is -1.90. The normalized spacial score (nSPS) is 16.6. The molecule has 1 aliphatic heterocycles. The summed E-state index contributed by atoms with van der Waals surface area (Å²) in [6, 6.07) is 9.58. The first-order valence-electron chi connectivity index (χ1n) is 6.54. The van der Waals surface area contributed by atoms with Crippen LogP contribution in [0, 0.1) is 0 Å². The van der Waals surface area contributed by atoms with Crippen LogP contribution in [-0.4, -0.2) is 42.9 Å². The van der Waals surface area contributed by atoms with E-state index in [-0.39, 0.29) is 17.4 Å². The first-order chi connectivity index (χ1) is 9.24. The lowest BCUT2D eigenvalue weighted by Gasteiger charge is -2.28. The van der Waals surface area contributed by atoms with Gasteiger partial charge in [-0.3, -0.25) is 4.79 Å². The second-order valence-corrected chi connectivity index (χ2v) is 4.69. The van der Waals surface area contributed by atoms with Gasteiger partial charge in [0, 0.05) is 32.1 Å². The molecule has 1 amide bonds. The van der Waals surface area contributed by atoms with Crippen LogP contribution < -0.4 is 5.32 Å². The van der Waals surface area contributed by atoms with Crippen LogP contribution in [0.2, 0.25) is 0 Å². The van der Waals surface area contributed by atoms with Gasteiger partial charge in [0.1, 0.15) is 11.5 Å². The third-order valence-corrected chi connectivity index (χ3v) is 3.48. The summed E-state index contributed by atoms with van der Waals surface area (Å²) < 4.78 is 0. The molecule has 0 aromatic heterocycles. The molecule has 4 nitrogen and oxygen atoms in total. The van der Waals surface area contributed by atoms with Crippen molar-refractivity contribution in [3.8, 4) is 0 Å². The van der Waals surface area contributed by atoms with Crippen LogP contribution in [0.3, 0.4) is 0 Å². The lowest BCUT2D eigenvalue weighted by atomic mass is 9.93. The SMILES string of the molecule is CC(C(=C=O)C(=O)N1CCNCC1)c1ccccc1. The predicted molar refractivity (Wildman–Crippen MR) is 73.5 cm³/mol. The minimum atomic E-state index is -0.221. The summed E-state index contributed by atoms with van der Waals surface area (Å²) in [5.41, 5.74) is 1.18. The molecule has 1 fully saturated rings.